The number of hydrogen-bond donors (Lipinski definition) is 1. The molecule has 1 fully saturated rings. The lowest BCUT2D eigenvalue weighted by Crippen LogP contribution is -2.55. The van der Waals surface area contributed by atoms with Crippen LogP contribution < -0.4 is 10.2 Å². The number of methoxy groups -OCH3 is 1. The zero-order valence-corrected chi connectivity index (χ0v) is 13.3. The highest BCUT2D eigenvalue weighted by molar-refractivity contribution is 5.29. The molecule has 6 nitrogen and oxygen atoms in total. The molecule has 0 bridgehead atoms. The molecular weight excluding hydrogens is 266 g/mol. The van der Waals surface area contributed by atoms with Crippen LogP contribution in [0, 0.1) is 0 Å². The Labute approximate surface area is 127 Å². The van der Waals surface area contributed by atoms with Gasteiger partial charge in [0.25, 0.3) is 0 Å². The van der Waals surface area contributed by atoms with E-state index in [2.05, 4.69) is 38.9 Å². The lowest BCUT2D eigenvalue weighted by atomic mass is 10.2. The number of hydrogen-bond acceptors (Lipinski definition) is 6. The molecule has 0 spiro atoms. The summed E-state index contributed by atoms with van der Waals surface area (Å²) in [6, 6.07) is 2.78. The molecule has 1 unspecified atom stereocenters. The highest BCUT2D eigenvalue weighted by Crippen LogP contribution is 2.12. The van der Waals surface area contributed by atoms with Gasteiger partial charge in [-0.3, -0.25) is 4.90 Å². The molecule has 0 saturated carbocycles. The minimum absolute atomic E-state index is 0.427. The molecule has 1 saturated heterocycles. The van der Waals surface area contributed by atoms with E-state index in [9.17, 15) is 0 Å². The molecular formula is C15H27N5O. The Morgan fingerprint density at radius 1 is 1.19 bits per heavy atom. The molecule has 1 aromatic heterocycles. The molecule has 1 aliphatic heterocycles. The summed E-state index contributed by atoms with van der Waals surface area (Å²) in [7, 11) is 1.77. The fourth-order valence-corrected chi connectivity index (χ4v) is 2.60. The average Bonchev–Trinajstić information content (AvgIpc) is 2.52. The first-order valence-electron chi connectivity index (χ1n) is 7.69. The van der Waals surface area contributed by atoms with Crippen molar-refractivity contribution in [2.24, 2.45) is 0 Å². The van der Waals surface area contributed by atoms with Crippen LogP contribution in [-0.2, 0) is 4.74 Å². The first kappa shape index (κ1) is 16.1. The molecule has 6 heteroatoms. The third kappa shape index (κ3) is 4.91. The van der Waals surface area contributed by atoms with Crippen LogP contribution in [0.3, 0.4) is 0 Å². The predicted molar refractivity (Wildman–Crippen MR) is 84.6 cm³/mol. The van der Waals surface area contributed by atoms with Crippen LogP contribution in [0.25, 0.3) is 0 Å². The zero-order valence-electron chi connectivity index (χ0n) is 13.3. The molecule has 1 aromatic rings. The summed E-state index contributed by atoms with van der Waals surface area (Å²) in [6.07, 6.45) is 3.60. The van der Waals surface area contributed by atoms with Gasteiger partial charge in [-0.25, -0.2) is 9.97 Å². The second-order valence-electron chi connectivity index (χ2n) is 5.74. The van der Waals surface area contributed by atoms with Crippen LogP contribution in [-0.4, -0.2) is 73.4 Å². The molecule has 21 heavy (non-hydrogen) atoms. The topological polar surface area (TPSA) is 53.5 Å². The van der Waals surface area contributed by atoms with E-state index in [-0.39, 0.29) is 0 Å². The summed E-state index contributed by atoms with van der Waals surface area (Å²) < 4.78 is 5.38. The van der Waals surface area contributed by atoms with Crippen LogP contribution >= 0.6 is 0 Å². The van der Waals surface area contributed by atoms with Crippen molar-refractivity contribution in [3.05, 3.63) is 18.5 Å². The van der Waals surface area contributed by atoms with Gasteiger partial charge in [-0.1, -0.05) is 13.8 Å². The fraction of sp³-hybridized carbons (Fsp3) is 0.733. The Morgan fingerprint density at radius 2 is 1.86 bits per heavy atom. The Balaban J connectivity index is 1.85. The number of ether oxygens (including phenoxy) is 1. The van der Waals surface area contributed by atoms with Crippen LogP contribution in [0.15, 0.2) is 18.5 Å². The SMILES string of the molecule is COCC(CNC(C)C)N1CCN(c2ncccn2)CC1. The maximum Gasteiger partial charge on any atom is 0.225 e. The Bertz CT molecular complexity index is 392. The van der Waals surface area contributed by atoms with E-state index >= 15 is 0 Å². The summed E-state index contributed by atoms with van der Waals surface area (Å²) in [5.41, 5.74) is 0. The lowest BCUT2D eigenvalue weighted by molar-refractivity contribution is 0.0839. The van der Waals surface area contributed by atoms with Crippen molar-refractivity contribution in [3.8, 4) is 0 Å². The van der Waals surface area contributed by atoms with Crippen molar-refractivity contribution in [1.82, 2.24) is 20.2 Å². The van der Waals surface area contributed by atoms with Crippen molar-refractivity contribution in [1.29, 1.82) is 0 Å². The molecule has 118 valence electrons. The van der Waals surface area contributed by atoms with Crippen LogP contribution in [0.4, 0.5) is 5.95 Å². The standard InChI is InChI=1S/C15H27N5O/c1-13(2)18-11-14(12-21-3)19-7-9-20(10-8-19)15-16-5-4-6-17-15/h4-6,13-14,18H,7-12H2,1-3H3. The molecule has 0 aliphatic carbocycles. The number of nitrogens with one attached hydrogen (secondary N) is 1. The second-order valence-corrected chi connectivity index (χ2v) is 5.74. The van der Waals surface area contributed by atoms with Gasteiger partial charge < -0.3 is 15.0 Å². The van der Waals surface area contributed by atoms with E-state index < -0.39 is 0 Å². The number of nitrogens with zero attached hydrogens (tertiary/aromatic N) is 4. The minimum Gasteiger partial charge on any atom is -0.383 e. The smallest absolute Gasteiger partial charge is 0.225 e. The third-order valence-corrected chi connectivity index (χ3v) is 3.79. The van der Waals surface area contributed by atoms with E-state index in [1.165, 1.54) is 0 Å². The molecule has 0 radical (unpaired) electrons. The summed E-state index contributed by atoms with van der Waals surface area (Å²) in [4.78, 5) is 13.4. The van der Waals surface area contributed by atoms with Gasteiger partial charge in [-0.15, -0.1) is 0 Å². The van der Waals surface area contributed by atoms with Gasteiger partial charge in [-0.05, 0) is 6.07 Å². The van der Waals surface area contributed by atoms with Gasteiger partial charge in [0, 0.05) is 64.3 Å². The number of anilines is 1. The van der Waals surface area contributed by atoms with Crippen LogP contribution in [0.5, 0.6) is 0 Å². The van der Waals surface area contributed by atoms with Gasteiger partial charge in [0.15, 0.2) is 0 Å². The average molecular weight is 293 g/mol. The monoisotopic (exact) mass is 293 g/mol. The molecule has 1 N–H and O–H groups in total. The van der Waals surface area contributed by atoms with Crippen molar-refractivity contribution < 1.29 is 4.74 Å². The quantitative estimate of drug-likeness (QED) is 0.795. The highest BCUT2D eigenvalue weighted by atomic mass is 16.5. The number of rotatable bonds is 7. The maximum atomic E-state index is 5.38. The molecule has 2 rings (SSSR count). The normalized spacial score (nSPS) is 18.2. The third-order valence-electron chi connectivity index (χ3n) is 3.79. The largest absolute Gasteiger partial charge is 0.383 e. The van der Waals surface area contributed by atoms with Gasteiger partial charge in [0.1, 0.15) is 0 Å². The van der Waals surface area contributed by atoms with E-state index in [1.807, 2.05) is 6.07 Å². The van der Waals surface area contributed by atoms with Gasteiger partial charge in [0.05, 0.1) is 6.61 Å². The summed E-state index contributed by atoms with van der Waals surface area (Å²) >= 11 is 0. The second kappa shape index (κ2) is 8.26. The van der Waals surface area contributed by atoms with E-state index in [0.29, 0.717) is 12.1 Å². The fourth-order valence-electron chi connectivity index (χ4n) is 2.60. The van der Waals surface area contributed by atoms with Gasteiger partial charge in [-0.2, -0.15) is 0 Å². The molecule has 1 aliphatic rings. The van der Waals surface area contributed by atoms with Gasteiger partial charge >= 0.3 is 0 Å². The first-order valence-corrected chi connectivity index (χ1v) is 7.69. The van der Waals surface area contributed by atoms with E-state index in [4.69, 9.17) is 4.74 Å². The van der Waals surface area contributed by atoms with E-state index in [1.54, 1.807) is 19.5 Å². The van der Waals surface area contributed by atoms with Crippen molar-refractivity contribution in [2.75, 3.05) is 51.3 Å². The van der Waals surface area contributed by atoms with Crippen molar-refractivity contribution in [3.63, 3.8) is 0 Å². The number of aromatic nitrogens is 2. The zero-order chi connectivity index (χ0) is 15.1. The predicted octanol–water partition coefficient (Wildman–Crippen LogP) is 0.612. The van der Waals surface area contributed by atoms with Crippen LogP contribution in [0.1, 0.15) is 13.8 Å². The van der Waals surface area contributed by atoms with Crippen LogP contribution in [0.2, 0.25) is 0 Å². The Morgan fingerprint density at radius 3 is 2.43 bits per heavy atom. The highest BCUT2D eigenvalue weighted by Gasteiger charge is 2.24. The Kier molecular flexibility index (Phi) is 6.35. The van der Waals surface area contributed by atoms with E-state index in [0.717, 1.165) is 45.3 Å². The summed E-state index contributed by atoms with van der Waals surface area (Å²) in [5, 5.41) is 3.51. The maximum absolute atomic E-state index is 5.38. The van der Waals surface area contributed by atoms with Gasteiger partial charge in [0.2, 0.25) is 5.95 Å². The summed E-state index contributed by atoms with van der Waals surface area (Å²) in [5.74, 6) is 0.834. The lowest BCUT2D eigenvalue weighted by Gasteiger charge is -2.39. The van der Waals surface area contributed by atoms with Crippen molar-refractivity contribution in [2.45, 2.75) is 25.9 Å². The summed E-state index contributed by atoms with van der Waals surface area (Å²) in [6.45, 7) is 10.0. The Hall–Kier alpha value is -1.24. The molecule has 0 amide bonds. The molecule has 1 atom stereocenters. The number of piperazine rings is 1. The minimum atomic E-state index is 0.427. The first-order chi connectivity index (χ1) is 10.2. The molecule has 2 heterocycles. The molecule has 0 aromatic carbocycles. The van der Waals surface area contributed by atoms with Crippen molar-refractivity contribution >= 4 is 5.95 Å².